The van der Waals surface area contributed by atoms with E-state index in [1.807, 2.05) is 31.2 Å². The number of primary amides is 1. The van der Waals surface area contributed by atoms with E-state index >= 15 is 0 Å². The van der Waals surface area contributed by atoms with Gasteiger partial charge in [0.25, 0.3) is 5.91 Å². The molecule has 5 nitrogen and oxygen atoms in total. The van der Waals surface area contributed by atoms with Gasteiger partial charge in [0.15, 0.2) is 6.10 Å². The van der Waals surface area contributed by atoms with Crippen LogP contribution >= 0.6 is 0 Å². The molecular formula is C14H15N3O2. The van der Waals surface area contributed by atoms with Crippen molar-refractivity contribution in [2.75, 3.05) is 0 Å². The molecule has 1 heterocycles. The summed E-state index contributed by atoms with van der Waals surface area (Å²) in [5.74, 6) is 0.790. The van der Waals surface area contributed by atoms with E-state index in [9.17, 15) is 4.79 Å². The van der Waals surface area contributed by atoms with Crippen LogP contribution in [-0.2, 0) is 4.79 Å². The second-order valence-electron chi connectivity index (χ2n) is 4.18. The van der Waals surface area contributed by atoms with Gasteiger partial charge in [-0.15, -0.1) is 0 Å². The van der Waals surface area contributed by atoms with Crippen molar-refractivity contribution < 1.29 is 9.53 Å². The van der Waals surface area contributed by atoms with Crippen molar-refractivity contribution in [3.63, 3.8) is 0 Å². The fourth-order valence-corrected chi connectivity index (χ4v) is 1.61. The molecule has 0 aliphatic carbocycles. The predicted molar refractivity (Wildman–Crippen MR) is 71.5 cm³/mol. The van der Waals surface area contributed by atoms with E-state index in [1.54, 1.807) is 19.2 Å². The quantitative estimate of drug-likeness (QED) is 0.904. The molecule has 2 N–H and O–H groups in total. The fraction of sp³-hybridized carbons (Fsp3) is 0.214. The predicted octanol–water partition coefficient (Wildman–Crippen LogP) is 1.70. The molecule has 0 bridgehead atoms. The number of hydrogen-bond donors (Lipinski definition) is 1. The molecule has 2 aromatic rings. The monoisotopic (exact) mass is 257 g/mol. The van der Waals surface area contributed by atoms with Gasteiger partial charge in [-0.3, -0.25) is 4.79 Å². The molecule has 0 saturated heterocycles. The van der Waals surface area contributed by atoms with Crippen LogP contribution in [0, 0.1) is 6.92 Å². The van der Waals surface area contributed by atoms with Crippen LogP contribution in [0.25, 0.3) is 11.3 Å². The van der Waals surface area contributed by atoms with Gasteiger partial charge in [-0.2, -0.15) is 0 Å². The summed E-state index contributed by atoms with van der Waals surface area (Å²) in [5, 5.41) is 0. The molecule has 19 heavy (non-hydrogen) atoms. The van der Waals surface area contributed by atoms with E-state index in [0.717, 1.165) is 11.3 Å². The highest BCUT2D eigenvalue weighted by Crippen LogP contribution is 2.22. The molecule has 0 spiro atoms. The minimum atomic E-state index is -0.664. The van der Waals surface area contributed by atoms with Gasteiger partial charge in [-0.05, 0) is 32.0 Å². The van der Waals surface area contributed by atoms with Crippen molar-refractivity contribution >= 4 is 5.91 Å². The summed E-state index contributed by atoms with van der Waals surface area (Å²) in [4.78, 5) is 19.4. The zero-order valence-electron chi connectivity index (χ0n) is 10.8. The van der Waals surface area contributed by atoms with Crippen LogP contribution in [0.15, 0.2) is 36.5 Å². The lowest BCUT2D eigenvalue weighted by Gasteiger charge is -2.12. The molecule has 2 rings (SSSR count). The minimum Gasteiger partial charge on any atom is -0.481 e. The third kappa shape index (κ3) is 3.28. The number of nitrogens with zero attached hydrogens (tertiary/aromatic N) is 2. The van der Waals surface area contributed by atoms with Crippen LogP contribution in [0.4, 0.5) is 0 Å². The Balaban J connectivity index is 2.27. The lowest BCUT2D eigenvalue weighted by atomic mass is 10.1. The number of carbonyl (C=O) groups excluding carboxylic acids is 1. The smallest absolute Gasteiger partial charge is 0.258 e. The van der Waals surface area contributed by atoms with Gasteiger partial charge in [0.05, 0.1) is 5.69 Å². The molecule has 1 aromatic carbocycles. The van der Waals surface area contributed by atoms with E-state index in [-0.39, 0.29) is 0 Å². The maximum Gasteiger partial charge on any atom is 0.258 e. The highest BCUT2D eigenvalue weighted by Gasteiger charge is 2.10. The first kappa shape index (κ1) is 13.0. The Hall–Kier alpha value is -2.43. The first-order valence-corrected chi connectivity index (χ1v) is 5.92. The number of aryl methyl sites for hydroxylation is 1. The molecule has 0 fully saturated rings. The normalized spacial score (nSPS) is 11.9. The van der Waals surface area contributed by atoms with Gasteiger partial charge in [0, 0.05) is 11.8 Å². The molecule has 0 aliphatic heterocycles. The van der Waals surface area contributed by atoms with Gasteiger partial charge < -0.3 is 10.5 Å². The average Bonchev–Trinajstić information content (AvgIpc) is 2.39. The molecule has 1 unspecified atom stereocenters. The van der Waals surface area contributed by atoms with Crippen LogP contribution in [0.2, 0.25) is 0 Å². The number of nitrogens with two attached hydrogens (primary N) is 1. The molecule has 1 aromatic heterocycles. The molecule has 0 radical (unpaired) electrons. The number of carbonyl (C=O) groups is 1. The van der Waals surface area contributed by atoms with E-state index in [0.29, 0.717) is 11.6 Å². The van der Waals surface area contributed by atoms with E-state index in [4.69, 9.17) is 10.5 Å². The van der Waals surface area contributed by atoms with Crippen molar-refractivity contribution in [2.45, 2.75) is 20.0 Å². The summed E-state index contributed by atoms with van der Waals surface area (Å²) < 4.78 is 5.45. The maximum atomic E-state index is 11.0. The highest BCUT2D eigenvalue weighted by atomic mass is 16.5. The second-order valence-corrected chi connectivity index (χ2v) is 4.18. The average molecular weight is 257 g/mol. The van der Waals surface area contributed by atoms with Crippen LogP contribution in [0.1, 0.15) is 12.7 Å². The topological polar surface area (TPSA) is 78.1 Å². The van der Waals surface area contributed by atoms with Gasteiger partial charge in [0.2, 0.25) is 0 Å². The number of aromatic nitrogens is 2. The lowest BCUT2D eigenvalue weighted by molar-refractivity contribution is -0.123. The Labute approximate surface area is 111 Å². The lowest BCUT2D eigenvalue weighted by Crippen LogP contribution is -2.30. The first-order chi connectivity index (χ1) is 9.06. The van der Waals surface area contributed by atoms with Gasteiger partial charge in [-0.1, -0.05) is 12.1 Å². The fourth-order valence-electron chi connectivity index (χ4n) is 1.61. The van der Waals surface area contributed by atoms with Crippen LogP contribution in [-0.4, -0.2) is 22.0 Å². The third-order valence-electron chi connectivity index (χ3n) is 2.62. The number of rotatable bonds is 4. The van der Waals surface area contributed by atoms with Crippen molar-refractivity contribution in [1.82, 2.24) is 9.97 Å². The Morgan fingerprint density at radius 2 is 2.16 bits per heavy atom. The Bertz CT molecular complexity index is 599. The van der Waals surface area contributed by atoms with Crippen LogP contribution < -0.4 is 10.5 Å². The maximum absolute atomic E-state index is 11.0. The summed E-state index contributed by atoms with van der Waals surface area (Å²) in [6.07, 6.45) is 1.04. The van der Waals surface area contributed by atoms with Crippen molar-refractivity contribution in [1.29, 1.82) is 0 Å². The molecule has 0 saturated carbocycles. The largest absolute Gasteiger partial charge is 0.481 e. The standard InChI is InChI=1S/C14H15N3O2/c1-9(14(15)18)19-12-5-3-4-11(8-12)13-6-7-16-10(2)17-13/h3-9H,1-2H3,(H2,15,18). The molecule has 1 amide bonds. The van der Waals surface area contributed by atoms with E-state index in [1.165, 1.54) is 0 Å². The summed E-state index contributed by atoms with van der Waals surface area (Å²) >= 11 is 0. The molecular weight excluding hydrogens is 242 g/mol. The van der Waals surface area contributed by atoms with Crippen molar-refractivity contribution in [3.05, 3.63) is 42.4 Å². The van der Waals surface area contributed by atoms with Crippen LogP contribution in [0.3, 0.4) is 0 Å². The van der Waals surface area contributed by atoms with Gasteiger partial charge in [-0.25, -0.2) is 9.97 Å². The Morgan fingerprint density at radius 1 is 1.37 bits per heavy atom. The Kier molecular flexibility index (Phi) is 3.75. The molecule has 98 valence electrons. The summed E-state index contributed by atoms with van der Waals surface area (Å²) in [5.41, 5.74) is 6.88. The number of amides is 1. The zero-order chi connectivity index (χ0) is 13.8. The van der Waals surface area contributed by atoms with E-state index < -0.39 is 12.0 Å². The number of hydrogen-bond acceptors (Lipinski definition) is 4. The summed E-state index contributed by atoms with van der Waals surface area (Å²) in [6.45, 7) is 3.45. The van der Waals surface area contributed by atoms with Crippen molar-refractivity contribution in [3.8, 4) is 17.0 Å². The third-order valence-corrected chi connectivity index (χ3v) is 2.62. The number of ether oxygens (including phenoxy) is 1. The molecule has 0 aliphatic rings. The first-order valence-electron chi connectivity index (χ1n) is 5.92. The van der Waals surface area contributed by atoms with Crippen molar-refractivity contribution in [2.24, 2.45) is 5.73 Å². The van der Waals surface area contributed by atoms with Crippen LogP contribution in [0.5, 0.6) is 5.75 Å². The summed E-state index contributed by atoms with van der Waals surface area (Å²) in [6, 6.07) is 9.18. The SMILES string of the molecule is Cc1nccc(-c2cccc(OC(C)C(N)=O)c2)n1. The zero-order valence-corrected chi connectivity index (χ0v) is 10.8. The molecule has 5 heteroatoms. The van der Waals surface area contributed by atoms with Gasteiger partial charge >= 0.3 is 0 Å². The van der Waals surface area contributed by atoms with Gasteiger partial charge in [0.1, 0.15) is 11.6 Å². The minimum absolute atomic E-state index is 0.497. The Morgan fingerprint density at radius 3 is 2.84 bits per heavy atom. The summed E-state index contributed by atoms with van der Waals surface area (Å²) in [7, 11) is 0. The van der Waals surface area contributed by atoms with E-state index in [2.05, 4.69) is 9.97 Å². The number of benzene rings is 1. The second kappa shape index (κ2) is 5.48. The highest BCUT2D eigenvalue weighted by molar-refractivity contribution is 5.78. The molecule has 1 atom stereocenters.